The number of hydrogen-bond donors (Lipinski definition) is 0. The van der Waals surface area contributed by atoms with Crippen LogP contribution in [0, 0.1) is 11.8 Å². The van der Waals surface area contributed by atoms with Crippen molar-refractivity contribution in [2.75, 3.05) is 20.1 Å². The van der Waals surface area contributed by atoms with Crippen molar-refractivity contribution in [2.24, 2.45) is 0 Å². The van der Waals surface area contributed by atoms with Gasteiger partial charge in [-0.2, -0.15) is 0 Å². The van der Waals surface area contributed by atoms with E-state index in [1.165, 1.54) is 23.7 Å². The molecule has 0 unspecified atom stereocenters. The van der Waals surface area contributed by atoms with Gasteiger partial charge >= 0.3 is 19.1 Å². The monoisotopic (exact) mass is 277 g/mol. The fraction of sp³-hybridized carbons (Fsp3) is 0.571. The summed E-state index contributed by atoms with van der Waals surface area (Å²) >= 11 is 0. The number of unbranched alkanes of at least 4 members (excludes halogenated alkanes) is 3. The van der Waals surface area contributed by atoms with Crippen LogP contribution in [0.25, 0.3) is 0 Å². The van der Waals surface area contributed by atoms with Crippen molar-refractivity contribution in [2.45, 2.75) is 32.6 Å². The molecule has 1 aliphatic heterocycles. The standard InChI is InChI=1S/C14H20BNO4/c1-3-4-5-6-7-8-9-10-15-19-13(17)11-16(2)12-14(18)20-15/h9-10H,3-6,11-12H2,1-2H3/b10-9+. The molecule has 0 aromatic rings. The average Bonchev–Trinajstić information content (AvgIpc) is 2.35. The molecule has 108 valence electrons. The molecule has 0 amide bonds. The average molecular weight is 277 g/mol. The van der Waals surface area contributed by atoms with E-state index in [-0.39, 0.29) is 13.1 Å². The highest BCUT2D eigenvalue weighted by atomic mass is 16.6. The summed E-state index contributed by atoms with van der Waals surface area (Å²) in [6, 6.07) is 0. The quantitative estimate of drug-likeness (QED) is 0.439. The summed E-state index contributed by atoms with van der Waals surface area (Å²) in [4.78, 5) is 24.4. The topological polar surface area (TPSA) is 55.8 Å². The molecule has 0 spiro atoms. The Morgan fingerprint density at radius 2 is 1.90 bits per heavy atom. The van der Waals surface area contributed by atoms with Gasteiger partial charge in [-0.25, -0.2) is 0 Å². The minimum absolute atomic E-state index is 0.0716. The van der Waals surface area contributed by atoms with E-state index >= 15 is 0 Å². The second-order valence-corrected chi connectivity index (χ2v) is 4.66. The van der Waals surface area contributed by atoms with Crippen LogP contribution in [-0.2, 0) is 18.9 Å². The summed E-state index contributed by atoms with van der Waals surface area (Å²) in [7, 11) is 0.675. The molecular formula is C14H20BNO4. The molecule has 0 radical (unpaired) electrons. The molecule has 1 saturated heterocycles. The third-order valence-corrected chi connectivity index (χ3v) is 2.64. The maximum atomic E-state index is 11.4. The maximum Gasteiger partial charge on any atom is 0.629 e. The minimum Gasteiger partial charge on any atom is -0.495 e. The normalized spacial score (nSPS) is 17.0. The first kappa shape index (κ1) is 16.3. The zero-order chi connectivity index (χ0) is 14.8. The molecule has 0 atom stereocenters. The van der Waals surface area contributed by atoms with E-state index in [1.807, 2.05) is 0 Å². The Bertz CT molecular complexity index is 405. The molecule has 20 heavy (non-hydrogen) atoms. The SMILES string of the molecule is CCCCCC#C/C=C/B1OC(=O)CN(C)CC(=O)O1. The number of carbonyl (C=O) groups excluding carboxylic acids is 2. The summed E-state index contributed by atoms with van der Waals surface area (Å²) in [6.07, 6.45) is 5.82. The fourth-order valence-corrected chi connectivity index (χ4v) is 1.65. The van der Waals surface area contributed by atoms with E-state index in [2.05, 4.69) is 18.8 Å². The highest BCUT2D eigenvalue weighted by molar-refractivity contribution is 6.54. The van der Waals surface area contributed by atoms with Crippen molar-refractivity contribution in [1.29, 1.82) is 0 Å². The number of rotatable bonds is 4. The molecule has 5 nitrogen and oxygen atoms in total. The molecule has 0 N–H and O–H groups in total. The van der Waals surface area contributed by atoms with Gasteiger partial charge in [0.2, 0.25) is 0 Å². The Morgan fingerprint density at radius 3 is 2.50 bits per heavy atom. The molecule has 6 heteroatoms. The zero-order valence-corrected chi connectivity index (χ0v) is 12.1. The lowest BCUT2D eigenvalue weighted by molar-refractivity contribution is -0.145. The molecule has 0 aromatic heterocycles. The van der Waals surface area contributed by atoms with Gasteiger partial charge in [0.15, 0.2) is 0 Å². The second kappa shape index (κ2) is 9.21. The van der Waals surface area contributed by atoms with Crippen molar-refractivity contribution in [3.05, 3.63) is 12.1 Å². The number of nitrogens with zero attached hydrogens (tertiary/aromatic N) is 1. The van der Waals surface area contributed by atoms with Crippen molar-refractivity contribution in [3.8, 4) is 11.8 Å². The van der Waals surface area contributed by atoms with Crippen LogP contribution in [0.15, 0.2) is 12.1 Å². The van der Waals surface area contributed by atoms with Gasteiger partial charge in [0, 0.05) is 6.42 Å². The first-order valence-corrected chi connectivity index (χ1v) is 6.84. The lowest BCUT2D eigenvalue weighted by atomic mass is 9.89. The lowest BCUT2D eigenvalue weighted by Gasteiger charge is -2.20. The van der Waals surface area contributed by atoms with Gasteiger partial charge in [0.1, 0.15) is 0 Å². The molecule has 0 bridgehead atoms. The Morgan fingerprint density at radius 1 is 1.25 bits per heavy atom. The van der Waals surface area contributed by atoms with Crippen LogP contribution in [0.3, 0.4) is 0 Å². The summed E-state index contributed by atoms with van der Waals surface area (Å²) in [6.45, 7) is 2.28. The molecular weight excluding hydrogens is 257 g/mol. The number of likely N-dealkylation sites (N-methyl/N-ethyl adjacent to an activating group) is 1. The van der Waals surface area contributed by atoms with Crippen LogP contribution >= 0.6 is 0 Å². The molecule has 0 aliphatic carbocycles. The number of allylic oxidation sites excluding steroid dienone is 1. The van der Waals surface area contributed by atoms with Crippen LogP contribution < -0.4 is 0 Å². The van der Waals surface area contributed by atoms with Gasteiger partial charge in [-0.05, 0) is 25.5 Å². The Balaban J connectivity index is 2.44. The largest absolute Gasteiger partial charge is 0.629 e. The van der Waals surface area contributed by atoms with E-state index in [0.717, 1.165) is 12.8 Å². The van der Waals surface area contributed by atoms with Crippen LogP contribution in [0.1, 0.15) is 32.6 Å². The molecule has 0 aromatic carbocycles. The molecule has 1 heterocycles. The van der Waals surface area contributed by atoms with Crippen molar-refractivity contribution < 1.29 is 18.9 Å². The Kier molecular flexibility index (Phi) is 7.52. The predicted molar refractivity (Wildman–Crippen MR) is 76.5 cm³/mol. The number of carbonyl (C=O) groups is 2. The fourth-order valence-electron chi connectivity index (χ4n) is 1.65. The van der Waals surface area contributed by atoms with Gasteiger partial charge in [-0.3, -0.25) is 14.5 Å². The van der Waals surface area contributed by atoms with Gasteiger partial charge in [-0.1, -0.05) is 31.6 Å². The number of hydrogen-bond acceptors (Lipinski definition) is 5. The third-order valence-electron chi connectivity index (χ3n) is 2.64. The van der Waals surface area contributed by atoms with Crippen molar-refractivity contribution in [1.82, 2.24) is 4.90 Å². The van der Waals surface area contributed by atoms with Gasteiger partial charge in [-0.15, -0.1) is 0 Å². The van der Waals surface area contributed by atoms with E-state index in [1.54, 1.807) is 13.1 Å². The maximum absolute atomic E-state index is 11.4. The predicted octanol–water partition coefficient (Wildman–Crippen LogP) is 1.19. The lowest BCUT2D eigenvalue weighted by Crippen LogP contribution is -2.41. The van der Waals surface area contributed by atoms with Gasteiger partial charge in [0.05, 0.1) is 13.1 Å². The van der Waals surface area contributed by atoms with Gasteiger partial charge in [0.25, 0.3) is 0 Å². The Hall–Kier alpha value is -1.74. The molecule has 1 fully saturated rings. The summed E-state index contributed by atoms with van der Waals surface area (Å²) in [5.74, 6) is 6.46. The summed E-state index contributed by atoms with van der Waals surface area (Å²) in [5, 5.41) is 0. The van der Waals surface area contributed by atoms with E-state index in [9.17, 15) is 9.59 Å². The van der Waals surface area contributed by atoms with E-state index in [4.69, 9.17) is 9.31 Å². The van der Waals surface area contributed by atoms with Crippen LogP contribution in [0.2, 0.25) is 0 Å². The van der Waals surface area contributed by atoms with Crippen LogP contribution in [0.5, 0.6) is 0 Å². The van der Waals surface area contributed by atoms with E-state index < -0.39 is 19.1 Å². The minimum atomic E-state index is -0.978. The van der Waals surface area contributed by atoms with Crippen LogP contribution in [-0.4, -0.2) is 44.1 Å². The third kappa shape index (κ3) is 7.00. The molecule has 0 saturated carbocycles. The molecule has 1 rings (SSSR count). The molecule has 1 aliphatic rings. The zero-order valence-electron chi connectivity index (χ0n) is 12.1. The highest BCUT2D eigenvalue weighted by Crippen LogP contribution is 2.01. The first-order valence-electron chi connectivity index (χ1n) is 6.84. The van der Waals surface area contributed by atoms with E-state index in [0.29, 0.717) is 0 Å². The van der Waals surface area contributed by atoms with Crippen molar-refractivity contribution >= 4 is 19.1 Å². The smallest absolute Gasteiger partial charge is 0.495 e. The summed E-state index contributed by atoms with van der Waals surface area (Å²) < 4.78 is 10.00. The van der Waals surface area contributed by atoms with Crippen molar-refractivity contribution in [3.63, 3.8) is 0 Å². The Labute approximate surface area is 120 Å². The summed E-state index contributed by atoms with van der Waals surface area (Å²) in [5.41, 5.74) is 0. The second-order valence-electron chi connectivity index (χ2n) is 4.66. The van der Waals surface area contributed by atoms with Gasteiger partial charge < -0.3 is 9.31 Å². The van der Waals surface area contributed by atoms with Crippen LogP contribution in [0.4, 0.5) is 0 Å². The highest BCUT2D eigenvalue weighted by Gasteiger charge is 2.28. The first-order chi connectivity index (χ1) is 9.61.